The molecule has 3 nitrogen and oxygen atoms in total. The van der Waals surface area contributed by atoms with Gasteiger partial charge in [0.1, 0.15) is 5.82 Å². The van der Waals surface area contributed by atoms with Gasteiger partial charge in [-0.25, -0.2) is 4.39 Å². The Bertz CT molecular complexity index is 384. The fraction of sp³-hybridized carbons (Fsp3) is 0.364. The van der Waals surface area contributed by atoms with Crippen molar-refractivity contribution in [1.29, 1.82) is 0 Å². The van der Waals surface area contributed by atoms with Gasteiger partial charge in [-0.1, -0.05) is 15.9 Å². The lowest BCUT2D eigenvalue weighted by molar-refractivity contribution is -0.131. The van der Waals surface area contributed by atoms with Gasteiger partial charge in [-0.2, -0.15) is 0 Å². The largest absolute Gasteiger partial charge is 0.396 e. The van der Waals surface area contributed by atoms with Crippen LogP contribution in [0.15, 0.2) is 22.7 Å². The Morgan fingerprint density at radius 3 is 2.88 bits per heavy atom. The molecule has 0 aliphatic heterocycles. The number of benzene rings is 1. The summed E-state index contributed by atoms with van der Waals surface area (Å²) in [6, 6.07) is 4.59. The van der Waals surface area contributed by atoms with Crippen LogP contribution in [0.25, 0.3) is 0 Å². The van der Waals surface area contributed by atoms with E-state index in [-0.39, 0.29) is 31.3 Å². The Morgan fingerprint density at radius 2 is 2.25 bits per heavy atom. The molecule has 88 valence electrons. The summed E-state index contributed by atoms with van der Waals surface area (Å²) in [4.78, 5) is 12.8. The standard InChI is InChI=1S/C11H13BrFNO2/c1-14(11(16)4-5-15)7-8-6-9(12)2-3-10(8)13/h2-3,6,15H,4-5,7H2,1H3. The monoisotopic (exact) mass is 289 g/mol. The number of aliphatic hydroxyl groups is 1. The first kappa shape index (κ1) is 13.1. The molecule has 1 N–H and O–H groups in total. The van der Waals surface area contributed by atoms with Gasteiger partial charge in [-0.3, -0.25) is 4.79 Å². The average molecular weight is 290 g/mol. The number of hydrogen-bond acceptors (Lipinski definition) is 2. The van der Waals surface area contributed by atoms with Crippen LogP contribution in [0.3, 0.4) is 0 Å². The van der Waals surface area contributed by atoms with Crippen LogP contribution < -0.4 is 0 Å². The first-order chi connectivity index (χ1) is 7.54. The van der Waals surface area contributed by atoms with E-state index >= 15 is 0 Å². The van der Waals surface area contributed by atoms with Gasteiger partial charge in [0, 0.05) is 30.0 Å². The van der Waals surface area contributed by atoms with Gasteiger partial charge in [-0.15, -0.1) is 0 Å². The van der Waals surface area contributed by atoms with E-state index in [9.17, 15) is 9.18 Å². The maximum atomic E-state index is 13.4. The number of carbonyl (C=O) groups excluding carboxylic acids is 1. The minimum absolute atomic E-state index is 0.0616. The van der Waals surface area contributed by atoms with Crippen molar-refractivity contribution >= 4 is 21.8 Å². The van der Waals surface area contributed by atoms with Crippen LogP contribution in [0, 0.1) is 5.82 Å². The van der Waals surface area contributed by atoms with Crippen LogP contribution >= 0.6 is 15.9 Å². The van der Waals surface area contributed by atoms with Crippen LogP contribution in [0.4, 0.5) is 4.39 Å². The molecule has 5 heteroatoms. The summed E-state index contributed by atoms with van der Waals surface area (Å²) in [6.45, 7) is 0.00818. The van der Waals surface area contributed by atoms with Crippen LogP contribution in [0.1, 0.15) is 12.0 Å². The molecule has 0 saturated carbocycles. The van der Waals surface area contributed by atoms with Crippen molar-refractivity contribution in [2.24, 2.45) is 0 Å². The first-order valence-electron chi connectivity index (χ1n) is 4.83. The van der Waals surface area contributed by atoms with E-state index in [1.54, 1.807) is 19.2 Å². The molecular weight excluding hydrogens is 277 g/mol. The maximum absolute atomic E-state index is 13.4. The zero-order valence-electron chi connectivity index (χ0n) is 8.91. The molecule has 1 aromatic carbocycles. The maximum Gasteiger partial charge on any atom is 0.224 e. The van der Waals surface area contributed by atoms with E-state index in [2.05, 4.69) is 15.9 Å². The van der Waals surface area contributed by atoms with Crippen LogP contribution in [-0.4, -0.2) is 29.6 Å². The molecule has 0 spiro atoms. The zero-order chi connectivity index (χ0) is 12.1. The summed E-state index contributed by atoms with van der Waals surface area (Å²) >= 11 is 3.24. The highest BCUT2D eigenvalue weighted by molar-refractivity contribution is 9.10. The normalized spacial score (nSPS) is 10.2. The Kier molecular flexibility index (Phi) is 4.89. The van der Waals surface area contributed by atoms with Crippen molar-refractivity contribution in [3.8, 4) is 0 Å². The van der Waals surface area contributed by atoms with Crippen molar-refractivity contribution in [1.82, 2.24) is 4.90 Å². The summed E-state index contributed by atoms with van der Waals surface area (Å²) in [5, 5.41) is 8.62. The Morgan fingerprint density at radius 1 is 1.56 bits per heavy atom. The third-order valence-electron chi connectivity index (χ3n) is 2.17. The highest BCUT2D eigenvalue weighted by atomic mass is 79.9. The number of amides is 1. The summed E-state index contributed by atoms with van der Waals surface area (Å²) in [6.07, 6.45) is 0.0616. The molecular formula is C11H13BrFNO2. The Labute approximate surface area is 102 Å². The molecule has 1 rings (SSSR count). The number of halogens is 2. The van der Waals surface area contributed by atoms with Gasteiger partial charge >= 0.3 is 0 Å². The third kappa shape index (κ3) is 3.57. The molecule has 0 aromatic heterocycles. The van der Waals surface area contributed by atoms with Crippen molar-refractivity contribution in [2.45, 2.75) is 13.0 Å². The van der Waals surface area contributed by atoms with E-state index in [0.29, 0.717) is 5.56 Å². The Balaban J connectivity index is 2.72. The lowest BCUT2D eigenvalue weighted by atomic mass is 10.2. The van der Waals surface area contributed by atoms with Crippen LogP contribution in [0.2, 0.25) is 0 Å². The molecule has 1 amide bonds. The van der Waals surface area contributed by atoms with E-state index in [1.807, 2.05) is 0 Å². The lowest BCUT2D eigenvalue weighted by Gasteiger charge is -2.17. The van der Waals surface area contributed by atoms with Gasteiger partial charge in [0.25, 0.3) is 0 Å². The average Bonchev–Trinajstić information content (AvgIpc) is 2.23. The zero-order valence-corrected chi connectivity index (χ0v) is 10.5. The summed E-state index contributed by atoms with van der Waals surface area (Å²) < 4.78 is 14.1. The molecule has 16 heavy (non-hydrogen) atoms. The summed E-state index contributed by atoms with van der Waals surface area (Å²) in [7, 11) is 1.58. The van der Waals surface area contributed by atoms with Gasteiger partial charge in [0.2, 0.25) is 5.91 Å². The molecule has 0 fully saturated rings. The number of rotatable bonds is 4. The van der Waals surface area contributed by atoms with Crippen molar-refractivity contribution < 1.29 is 14.3 Å². The second kappa shape index (κ2) is 5.96. The Hall–Kier alpha value is -0.940. The van der Waals surface area contributed by atoms with Gasteiger partial charge in [0.05, 0.1) is 6.61 Å². The smallest absolute Gasteiger partial charge is 0.224 e. The number of hydrogen-bond donors (Lipinski definition) is 1. The van der Waals surface area contributed by atoms with Crippen molar-refractivity contribution in [3.05, 3.63) is 34.1 Å². The SMILES string of the molecule is CN(Cc1cc(Br)ccc1F)C(=O)CCO. The van der Waals surface area contributed by atoms with Gasteiger partial charge in [0.15, 0.2) is 0 Å². The first-order valence-corrected chi connectivity index (χ1v) is 5.62. The van der Waals surface area contributed by atoms with E-state index in [1.165, 1.54) is 11.0 Å². The molecule has 0 radical (unpaired) electrons. The molecule has 0 unspecified atom stereocenters. The minimum atomic E-state index is -0.341. The number of carbonyl (C=O) groups is 1. The lowest BCUT2D eigenvalue weighted by Crippen LogP contribution is -2.27. The van der Waals surface area contributed by atoms with E-state index < -0.39 is 0 Å². The summed E-state index contributed by atoms with van der Waals surface area (Å²) in [5.41, 5.74) is 0.447. The fourth-order valence-corrected chi connectivity index (χ4v) is 1.70. The van der Waals surface area contributed by atoms with Gasteiger partial charge in [-0.05, 0) is 18.2 Å². The predicted octanol–water partition coefficient (Wildman–Crippen LogP) is 1.93. The fourth-order valence-electron chi connectivity index (χ4n) is 1.29. The molecule has 0 atom stereocenters. The molecule has 0 heterocycles. The molecule has 0 saturated heterocycles. The second-order valence-corrected chi connectivity index (χ2v) is 4.37. The highest BCUT2D eigenvalue weighted by Crippen LogP contribution is 2.17. The number of aliphatic hydroxyl groups excluding tert-OH is 1. The number of nitrogens with zero attached hydrogens (tertiary/aromatic N) is 1. The summed E-state index contributed by atoms with van der Waals surface area (Å²) in [5.74, 6) is -0.547. The quantitative estimate of drug-likeness (QED) is 0.920. The van der Waals surface area contributed by atoms with Crippen molar-refractivity contribution in [2.75, 3.05) is 13.7 Å². The molecule has 0 aliphatic rings. The van der Waals surface area contributed by atoms with E-state index in [0.717, 1.165) is 4.47 Å². The van der Waals surface area contributed by atoms with Gasteiger partial charge < -0.3 is 10.0 Å². The molecule has 0 aliphatic carbocycles. The predicted molar refractivity (Wildman–Crippen MR) is 62.3 cm³/mol. The molecule has 0 bridgehead atoms. The highest BCUT2D eigenvalue weighted by Gasteiger charge is 2.11. The van der Waals surface area contributed by atoms with E-state index in [4.69, 9.17) is 5.11 Å². The second-order valence-electron chi connectivity index (χ2n) is 3.46. The van der Waals surface area contributed by atoms with Crippen LogP contribution in [-0.2, 0) is 11.3 Å². The topological polar surface area (TPSA) is 40.5 Å². The molecule has 1 aromatic rings. The van der Waals surface area contributed by atoms with Crippen LogP contribution in [0.5, 0.6) is 0 Å². The third-order valence-corrected chi connectivity index (χ3v) is 2.66. The minimum Gasteiger partial charge on any atom is -0.396 e. The van der Waals surface area contributed by atoms with Crippen molar-refractivity contribution in [3.63, 3.8) is 0 Å².